The molecule has 3 aromatic rings. The normalized spacial score (nSPS) is 13.0. The highest BCUT2D eigenvalue weighted by Crippen LogP contribution is 2.36. The maximum Gasteiger partial charge on any atom is 0.416 e. The molecule has 0 bridgehead atoms. The molecule has 1 amide bonds. The van der Waals surface area contributed by atoms with E-state index < -0.39 is 17.7 Å². The third-order valence-electron chi connectivity index (χ3n) is 5.05. The van der Waals surface area contributed by atoms with Crippen LogP contribution >= 0.6 is 0 Å². The fourth-order valence-corrected chi connectivity index (χ4v) is 3.48. The van der Waals surface area contributed by atoms with Crippen LogP contribution in [0.4, 0.5) is 13.2 Å². The van der Waals surface area contributed by atoms with Crippen molar-refractivity contribution in [3.63, 3.8) is 0 Å². The number of aromatic amines is 1. The number of benzene rings is 2. The molecule has 1 heterocycles. The molecule has 0 saturated carbocycles. The van der Waals surface area contributed by atoms with Crippen molar-refractivity contribution in [3.05, 3.63) is 71.4 Å². The lowest BCUT2D eigenvalue weighted by molar-refractivity contribution is -0.137. The summed E-state index contributed by atoms with van der Waals surface area (Å²) < 4.78 is 39.7. The van der Waals surface area contributed by atoms with Crippen LogP contribution in [0.1, 0.15) is 49.3 Å². The summed E-state index contributed by atoms with van der Waals surface area (Å²) in [5, 5.41) is 3.81. The van der Waals surface area contributed by atoms with Gasteiger partial charge in [-0.15, -0.1) is 0 Å². The molecule has 0 aliphatic heterocycles. The molecule has 2 N–H and O–H groups in total. The quantitative estimate of drug-likeness (QED) is 0.510. The van der Waals surface area contributed by atoms with Gasteiger partial charge in [-0.25, -0.2) is 0 Å². The summed E-state index contributed by atoms with van der Waals surface area (Å²) >= 11 is 0. The average Bonchev–Trinajstić information content (AvgIpc) is 3.09. The van der Waals surface area contributed by atoms with Gasteiger partial charge in [-0.3, -0.25) is 4.79 Å². The molecule has 29 heavy (non-hydrogen) atoms. The minimum absolute atomic E-state index is 0.0846. The second-order valence-electron chi connectivity index (χ2n) is 7.70. The molecule has 3 nitrogen and oxygen atoms in total. The highest BCUT2D eigenvalue weighted by molar-refractivity contribution is 5.86. The third-order valence-corrected chi connectivity index (χ3v) is 5.05. The van der Waals surface area contributed by atoms with E-state index in [-0.39, 0.29) is 12.3 Å². The lowest BCUT2D eigenvalue weighted by atomic mass is 9.87. The largest absolute Gasteiger partial charge is 0.416 e. The molecule has 0 saturated heterocycles. The summed E-state index contributed by atoms with van der Waals surface area (Å²) in [6.45, 7) is 4.70. The number of hydrogen-bond acceptors (Lipinski definition) is 1. The zero-order chi connectivity index (χ0) is 21.0. The molecule has 0 radical (unpaired) electrons. The van der Waals surface area contributed by atoms with E-state index in [4.69, 9.17) is 0 Å². The summed E-state index contributed by atoms with van der Waals surface area (Å²) in [7, 11) is 0. The Morgan fingerprint density at radius 3 is 2.59 bits per heavy atom. The molecule has 1 unspecified atom stereocenters. The van der Waals surface area contributed by atoms with Gasteiger partial charge in [-0.1, -0.05) is 50.2 Å². The third kappa shape index (κ3) is 5.19. The second-order valence-corrected chi connectivity index (χ2v) is 7.70. The molecule has 0 spiro atoms. The number of carbonyl (C=O) groups is 1. The first kappa shape index (κ1) is 21.0. The lowest BCUT2D eigenvalue weighted by Crippen LogP contribution is -2.27. The van der Waals surface area contributed by atoms with Gasteiger partial charge in [0, 0.05) is 36.0 Å². The predicted molar refractivity (Wildman–Crippen MR) is 109 cm³/mol. The molecular weight excluding hydrogens is 377 g/mol. The fourth-order valence-electron chi connectivity index (χ4n) is 3.48. The predicted octanol–water partition coefficient (Wildman–Crippen LogP) is 5.87. The van der Waals surface area contributed by atoms with Crippen molar-refractivity contribution in [2.75, 3.05) is 6.54 Å². The zero-order valence-corrected chi connectivity index (χ0v) is 16.5. The fraction of sp³-hybridized carbons (Fsp3) is 0.348. The van der Waals surface area contributed by atoms with Crippen molar-refractivity contribution in [1.29, 1.82) is 0 Å². The van der Waals surface area contributed by atoms with Gasteiger partial charge in [0.2, 0.25) is 5.91 Å². The van der Waals surface area contributed by atoms with Gasteiger partial charge >= 0.3 is 6.18 Å². The van der Waals surface area contributed by atoms with Crippen LogP contribution in [-0.2, 0) is 11.0 Å². The van der Waals surface area contributed by atoms with Crippen LogP contribution in [0.2, 0.25) is 0 Å². The molecule has 6 heteroatoms. The number of hydrogen-bond donors (Lipinski definition) is 2. The number of carbonyl (C=O) groups excluding carboxylic acids is 1. The minimum atomic E-state index is -4.43. The summed E-state index contributed by atoms with van der Waals surface area (Å²) in [6, 6.07) is 12.8. The molecule has 3 rings (SSSR count). The highest BCUT2D eigenvalue weighted by atomic mass is 19.4. The van der Waals surface area contributed by atoms with Crippen molar-refractivity contribution >= 4 is 16.8 Å². The van der Waals surface area contributed by atoms with Crippen LogP contribution in [0.5, 0.6) is 0 Å². The van der Waals surface area contributed by atoms with E-state index in [1.165, 1.54) is 6.07 Å². The summed E-state index contributed by atoms with van der Waals surface area (Å²) in [5.41, 5.74) is 1.47. The summed E-state index contributed by atoms with van der Waals surface area (Å²) in [4.78, 5) is 15.7. The standard InChI is InChI=1S/C23H25F3N2O/c1-15(2)10-11-27-22(29)13-19(16-6-5-7-17(12-16)23(24,25)26)20-14-28-21-9-4-3-8-18(20)21/h3-9,12,14-15,19,28H,10-11,13H2,1-2H3,(H,27,29). The Kier molecular flexibility index (Phi) is 6.30. The van der Waals surface area contributed by atoms with Gasteiger partial charge in [-0.2, -0.15) is 13.2 Å². The van der Waals surface area contributed by atoms with E-state index >= 15 is 0 Å². The van der Waals surface area contributed by atoms with Crippen molar-refractivity contribution in [3.8, 4) is 0 Å². The second kappa shape index (κ2) is 8.72. The van der Waals surface area contributed by atoms with Gasteiger partial charge in [-0.05, 0) is 35.6 Å². The smallest absolute Gasteiger partial charge is 0.361 e. The van der Waals surface area contributed by atoms with Crippen LogP contribution in [0.15, 0.2) is 54.7 Å². The van der Waals surface area contributed by atoms with Crippen LogP contribution in [0.25, 0.3) is 10.9 Å². The summed E-state index contributed by atoms with van der Waals surface area (Å²) in [6.07, 6.45) is -1.70. The first-order chi connectivity index (χ1) is 13.8. The Bertz CT molecular complexity index is 975. The maximum atomic E-state index is 13.2. The molecule has 2 aromatic carbocycles. The number of halogens is 3. The minimum Gasteiger partial charge on any atom is -0.361 e. The number of fused-ring (bicyclic) bond motifs is 1. The molecule has 0 aliphatic rings. The van der Waals surface area contributed by atoms with Crippen LogP contribution < -0.4 is 5.32 Å². The topological polar surface area (TPSA) is 44.9 Å². The number of rotatable bonds is 7. The van der Waals surface area contributed by atoms with Gasteiger partial charge in [0.05, 0.1) is 5.56 Å². The van der Waals surface area contributed by atoms with Crippen molar-refractivity contribution in [2.45, 2.75) is 38.8 Å². The number of aromatic nitrogens is 1. The maximum absolute atomic E-state index is 13.2. The Balaban J connectivity index is 1.95. The first-order valence-corrected chi connectivity index (χ1v) is 9.75. The van der Waals surface area contributed by atoms with Crippen LogP contribution in [-0.4, -0.2) is 17.4 Å². The van der Waals surface area contributed by atoms with Crippen molar-refractivity contribution in [2.24, 2.45) is 5.92 Å². The van der Waals surface area contributed by atoms with Crippen LogP contribution in [0.3, 0.4) is 0 Å². The van der Waals surface area contributed by atoms with E-state index in [1.54, 1.807) is 12.3 Å². The molecule has 1 aromatic heterocycles. The van der Waals surface area contributed by atoms with E-state index in [0.717, 1.165) is 35.0 Å². The molecule has 1 atom stereocenters. The lowest BCUT2D eigenvalue weighted by Gasteiger charge is -2.19. The van der Waals surface area contributed by atoms with Gasteiger partial charge in [0.25, 0.3) is 0 Å². The Hall–Kier alpha value is -2.76. The Morgan fingerprint density at radius 1 is 1.10 bits per heavy atom. The van der Waals surface area contributed by atoms with E-state index in [2.05, 4.69) is 24.1 Å². The van der Waals surface area contributed by atoms with E-state index in [0.29, 0.717) is 18.0 Å². The number of alkyl halides is 3. The molecule has 154 valence electrons. The van der Waals surface area contributed by atoms with Crippen molar-refractivity contribution < 1.29 is 18.0 Å². The number of nitrogens with one attached hydrogen (secondary N) is 2. The Morgan fingerprint density at radius 2 is 1.86 bits per heavy atom. The number of amides is 1. The SMILES string of the molecule is CC(C)CCNC(=O)CC(c1cccc(C(F)(F)F)c1)c1c[nH]c2ccccc12. The molecule has 0 aliphatic carbocycles. The number of H-pyrrole nitrogens is 1. The first-order valence-electron chi connectivity index (χ1n) is 9.75. The summed E-state index contributed by atoms with van der Waals surface area (Å²) in [5.74, 6) is -0.186. The monoisotopic (exact) mass is 402 g/mol. The van der Waals surface area contributed by atoms with E-state index in [1.807, 2.05) is 24.3 Å². The van der Waals surface area contributed by atoms with Gasteiger partial charge in [0.1, 0.15) is 0 Å². The van der Waals surface area contributed by atoms with Gasteiger partial charge < -0.3 is 10.3 Å². The number of para-hydroxylation sites is 1. The Labute approximate surface area is 168 Å². The van der Waals surface area contributed by atoms with Gasteiger partial charge in [0.15, 0.2) is 0 Å². The van der Waals surface area contributed by atoms with Crippen LogP contribution in [0, 0.1) is 5.92 Å². The van der Waals surface area contributed by atoms with Crippen molar-refractivity contribution in [1.82, 2.24) is 10.3 Å². The highest BCUT2D eigenvalue weighted by Gasteiger charge is 2.31. The average molecular weight is 402 g/mol. The van der Waals surface area contributed by atoms with E-state index in [9.17, 15) is 18.0 Å². The molecular formula is C23H25F3N2O. The zero-order valence-electron chi connectivity index (χ0n) is 16.5. The molecule has 0 fully saturated rings.